The minimum Gasteiger partial charge on any atom is -0.477 e. The predicted octanol–water partition coefficient (Wildman–Crippen LogP) is 1.66. The van der Waals surface area contributed by atoms with Crippen LogP contribution in [0.4, 0.5) is 10.1 Å². The van der Waals surface area contributed by atoms with Crippen LogP contribution in [0.3, 0.4) is 0 Å². The van der Waals surface area contributed by atoms with Crippen LogP contribution in [-0.4, -0.2) is 39.9 Å². The maximum absolute atomic E-state index is 14.7. The molecule has 0 bridgehead atoms. The smallest absolute Gasteiger partial charge is 0.341 e. The highest BCUT2D eigenvalue weighted by molar-refractivity contribution is 5.94. The minimum atomic E-state index is -1.40. The van der Waals surface area contributed by atoms with Gasteiger partial charge in [-0.3, -0.25) is 9.36 Å². The first kappa shape index (κ1) is 17.2. The zero-order valence-corrected chi connectivity index (χ0v) is 14.5. The molecule has 1 aliphatic rings. The number of aromatic carboxylic acids is 1. The average Bonchev–Trinajstić information content (AvgIpc) is 3.23. The SMILES string of the molecule is Cc1cc(-n2cc(C(=O)O)c(=O)c3cc(F)c(N4CCC(N)C4)cc32)on1. The molecule has 0 saturated carbocycles. The van der Waals surface area contributed by atoms with Crippen molar-refractivity contribution >= 4 is 22.6 Å². The number of carbonyl (C=O) groups is 1. The van der Waals surface area contributed by atoms with E-state index in [0.717, 1.165) is 12.5 Å². The van der Waals surface area contributed by atoms with Crippen LogP contribution in [0.5, 0.6) is 0 Å². The molecule has 3 aromatic rings. The Bertz CT molecular complexity index is 1120. The van der Waals surface area contributed by atoms with Crippen LogP contribution in [0, 0.1) is 12.7 Å². The number of nitrogens with zero attached hydrogens (tertiary/aromatic N) is 3. The number of pyridine rings is 1. The van der Waals surface area contributed by atoms with Gasteiger partial charge in [0.1, 0.15) is 11.4 Å². The van der Waals surface area contributed by atoms with Crippen molar-refractivity contribution in [1.82, 2.24) is 9.72 Å². The largest absolute Gasteiger partial charge is 0.477 e. The standard InChI is InChI=1S/C18H17FN4O4/c1-9-4-16(27-21-9)23-8-12(18(25)26)17(24)11-5-13(19)15(6-14(11)23)22-3-2-10(20)7-22/h4-6,8,10H,2-3,7,20H2,1H3,(H,25,26). The molecule has 0 aliphatic carbocycles. The number of halogens is 1. The Kier molecular flexibility index (Phi) is 3.96. The predicted molar refractivity (Wildman–Crippen MR) is 96.1 cm³/mol. The quantitative estimate of drug-likeness (QED) is 0.718. The summed E-state index contributed by atoms with van der Waals surface area (Å²) >= 11 is 0. The molecule has 0 radical (unpaired) electrons. The number of hydrogen-bond donors (Lipinski definition) is 2. The van der Waals surface area contributed by atoms with Gasteiger partial charge in [0.2, 0.25) is 11.3 Å². The number of carboxylic acids is 1. The third-order valence-electron chi connectivity index (χ3n) is 4.72. The third kappa shape index (κ3) is 2.85. The molecular weight excluding hydrogens is 355 g/mol. The number of aryl methyl sites for hydroxylation is 1. The summed E-state index contributed by atoms with van der Waals surface area (Å²) in [5, 5.41) is 13.1. The van der Waals surface area contributed by atoms with E-state index in [1.165, 1.54) is 16.8 Å². The van der Waals surface area contributed by atoms with Crippen molar-refractivity contribution in [3.63, 3.8) is 0 Å². The number of rotatable bonds is 3. The first-order valence-electron chi connectivity index (χ1n) is 8.41. The highest BCUT2D eigenvalue weighted by Gasteiger charge is 2.24. The number of benzene rings is 1. The summed E-state index contributed by atoms with van der Waals surface area (Å²) in [4.78, 5) is 25.8. The summed E-state index contributed by atoms with van der Waals surface area (Å²) in [7, 11) is 0. The molecule has 0 spiro atoms. The molecule has 1 saturated heterocycles. The maximum atomic E-state index is 14.7. The highest BCUT2D eigenvalue weighted by atomic mass is 19.1. The molecule has 1 aromatic carbocycles. The van der Waals surface area contributed by atoms with E-state index in [1.54, 1.807) is 13.0 Å². The Morgan fingerprint density at radius 2 is 2.19 bits per heavy atom. The monoisotopic (exact) mass is 372 g/mol. The third-order valence-corrected chi connectivity index (χ3v) is 4.72. The van der Waals surface area contributed by atoms with E-state index in [1.807, 2.05) is 4.90 Å². The van der Waals surface area contributed by atoms with E-state index in [2.05, 4.69) is 5.16 Å². The van der Waals surface area contributed by atoms with Crippen molar-refractivity contribution < 1.29 is 18.8 Å². The number of nitrogens with two attached hydrogens (primary N) is 1. The Balaban J connectivity index is 2.02. The second kappa shape index (κ2) is 6.20. The molecule has 3 heterocycles. The van der Waals surface area contributed by atoms with Crippen molar-refractivity contribution in [3.8, 4) is 5.88 Å². The van der Waals surface area contributed by atoms with E-state index in [4.69, 9.17) is 10.3 Å². The fourth-order valence-corrected chi connectivity index (χ4v) is 3.38. The van der Waals surface area contributed by atoms with Crippen molar-refractivity contribution in [3.05, 3.63) is 51.7 Å². The van der Waals surface area contributed by atoms with Gasteiger partial charge in [-0.15, -0.1) is 0 Å². The van der Waals surface area contributed by atoms with E-state index in [-0.39, 0.29) is 17.3 Å². The molecule has 4 rings (SSSR count). The van der Waals surface area contributed by atoms with Gasteiger partial charge in [0, 0.05) is 31.4 Å². The van der Waals surface area contributed by atoms with Crippen LogP contribution in [0.1, 0.15) is 22.5 Å². The molecule has 8 nitrogen and oxygen atoms in total. The Morgan fingerprint density at radius 3 is 2.78 bits per heavy atom. The van der Waals surface area contributed by atoms with Crippen LogP contribution in [0.2, 0.25) is 0 Å². The normalized spacial score (nSPS) is 17.0. The van der Waals surface area contributed by atoms with E-state index in [0.29, 0.717) is 30.0 Å². The zero-order chi connectivity index (χ0) is 19.3. The molecule has 1 unspecified atom stereocenters. The van der Waals surface area contributed by atoms with Crippen LogP contribution in [-0.2, 0) is 0 Å². The molecule has 1 aliphatic heterocycles. The van der Waals surface area contributed by atoms with Gasteiger partial charge in [-0.25, -0.2) is 9.18 Å². The Morgan fingerprint density at radius 1 is 1.41 bits per heavy atom. The van der Waals surface area contributed by atoms with Crippen molar-refractivity contribution in [2.24, 2.45) is 5.73 Å². The lowest BCUT2D eigenvalue weighted by Crippen LogP contribution is -2.27. The maximum Gasteiger partial charge on any atom is 0.341 e. The van der Waals surface area contributed by atoms with Crippen LogP contribution < -0.4 is 16.1 Å². The average molecular weight is 372 g/mol. The first-order valence-corrected chi connectivity index (χ1v) is 8.41. The zero-order valence-electron chi connectivity index (χ0n) is 14.5. The Labute approximate surface area is 152 Å². The first-order chi connectivity index (χ1) is 12.8. The van der Waals surface area contributed by atoms with Crippen molar-refractivity contribution in [1.29, 1.82) is 0 Å². The van der Waals surface area contributed by atoms with Crippen LogP contribution in [0.15, 0.2) is 33.7 Å². The van der Waals surface area contributed by atoms with Gasteiger partial charge in [-0.1, -0.05) is 5.16 Å². The molecule has 140 valence electrons. The topological polar surface area (TPSA) is 115 Å². The highest BCUT2D eigenvalue weighted by Crippen LogP contribution is 2.29. The minimum absolute atomic E-state index is 0.0475. The molecule has 0 amide bonds. The number of anilines is 1. The van der Waals surface area contributed by atoms with E-state index in [9.17, 15) is 19.1 Å². The summed E-state index contributed by atoms with van der Waals surface area (Å²) in [5.41, 5.74) is 5.91. The van der Waals surface area contributed by atoms with Crippen LogP contribution >= 0.6 is 0 Å². The summed E-state index contributed by atoms with van der Waals surface area (Å²) in [6.45, 7) is 2.82. The van der Waals surface area contributed by atoms with Gasteiger partial charge >= 0.3 is 5.97 Å². The van der Waals surface area contributed by atoms with Crippen molar-refractivity contribution in [2.75, 3.05) is 18.0 Å². The number of hydrogen-bond acceptors (Lipinski definition) is 6. The summed E-state index contributed by atoms with van der Waals surface area (Å²) in [6, 6.07) is 4.15. The molecule has 1 fully saturated rings. The molecule has 2 aromatic heterocycles. The van der Waals surface area contributed by atoms with Crippen LogP contribution in [0.25, 0.3) is 16.8 Å². The number of carboxylic acid groups (broad SMARTS) is 1. The van der Waals surface area contributed by atoms with E-state index < -0.39 is 22.8 Å². The number of fused-ring (bicyclic) bond motifs is 1. The van der Waals surface area contributed by atoms with Gasteiger partial charge in [-0.05, 0) is 25.5 Å². The van der Waals surface area contributed by atoms with Gasteiger partial charge in [0.25, 0.3) is 0 Å². The lowest BCUT2D eigenvalue weighted by Gasteiger charge is -2.20. The summed E-state index contributed by atoms with van der Waals surface area (Å²) in [6.07, 6.45) is 1.91. The lowest BCUT2D eigenvalue weighted by molar-refractivity contribution is 0.0695. The molecule has 1 atom stereocenters. The number of aromatic nitrogens is 2. The van der Waals surface area contributed by atoms with Gasteiger partial charge < -0.3 is 20.3 Å². The molecule has 3 N–H and O–H groups in total. The van der Waals surface area contributed by atoms with E-state index >= 15 is 0 Å². The fraction of sp³-hybridized carbons (Fsp3) is 0.278. The molecule has 27 heavy (non-hydrogen) atoms. The van der Waals surface area contributed by atoms with Gasteiger partial charge in [0.15, 0.2) is 0 Å². The summed E-state index contributed by atoms with van der Waals surface area (Å²) in [5.74, 6) is -1.77. The van der Waals surface area contributed by atoms with Crippen molar-refractivity contribution in [2.45, 2.75) is 19.4 Å². The lowest BCUT2D eigenvalue weighted by atomic mass is 10.1. The second-order valence-corrected chi connectivity index (χ2v) is 6.67. The molecular formula is C18H17FN4O4. The fourth-order valence-electron chi connectivity index (χ4n) is 3.38. The second-order valence-electron chi connectivity index (χ2n) is 6.67. The summed E-state index contributed by atoms with van der Waals surface area (Å²) < 4.78 is 21.4. The van der Waals surface area contributed by atoms with Gasteiger partial charge in [-0.2, -0.15) is 0 Å². The molecule has 9 heteroatoms. The Hall–Kier alpha value is -3.20. The van der Waals surface area contributed by atoms with Gasteiger partial charge in [0.05, 0.1) is 22.3 Å².